The molecule has 0 aromatic carbocycles. The Morgan fingerprint density at radius 2 is 0.633 bits per heavy atom. The number of carbonyl (C=O) groups excluding carboxylic acids is 8. The van der Waals surface area contributed by atoms with Crippen molar-refractivity contribution >= 4 is 99.3 Å². The van der Waals surface area contributed by atoms with Crippen LogP contribution in [0.3, 0.4) is 0 Å². The lowest BCUT2D eigenvalue weighted by atomic mass is 9.92. The highest BCUT2D eigenvalue weighted by atomic mass is 33.1. The average Bonchev–Trinajstić information content (AvgIpc) is 0.765. The normalized spacial score (nSPS) is 40.1. The SMILES string of the molecule is COC1C(C(=O)O)OC(OC2C(O)C(CO)OC(OC3C(C(=O)CNC(=O)CCS)OC(OC4C(O)C(CO)OC(C)C4NC(C)=O)C(O)C3O)C2NC(C)=O)C(O)C1O.COC1C(C(=O)O)OC(OC2C(O)C(CO)OC(OC3C(C(=O)O)OC(OC4C(O)C(CO)OC(C)C4NC(C)=O)C(O)C3O)C2NC(C)=O)C(O)C1O.NNC(=O)CCSSCCC(=O)NN.[2H][3H].[3HH]. The molecule has 0 saturated carbocycles. The third-order valence-corrected chi connectivity index (χ3v) is 23.7. The topological polar surface area (TPSA) is 856 Å². The molecule has 0 radical (unpaired) electrons. The number of thiol groups is 1. The van der Waals surface area contributed by atoms with Crippen molar-refractivity contribution in [2.75, 3.05) is 64.5 Å². The minimum atomic E-state index is -2.23. The number of carboxylic acid groups (broad SMARTS) is 3. The highest BCUT2D eigenvalue weighted by Crippen LogP contribution is 2.39. The molecule has 8 rings (SSSR count). The van der Waals surface area contributed by atoms with Crippen molar-refractivity contribution in [3.63, 3.8) is 0 Å². The molecule has 8 saturated heterocycles. The summed E-state index contributed by atoms with van der Waals surface area (Å²) in [7, 11) is 5.16. The van der Waals surface area contributed by atoms with Crippen LogP contribution in [0.25, 0.3) is 0 Å². The van der Waals surface area contributed by atoms with Gasteiger partial charge in [0, 0.05) is 77.1 Å². The average molecular weight is 1930 g/mol. The van der Waals surface area contributed by atoms with Crippen molar-refractivity contribution in [3.8, 4) is 0 Å². The van der Waals surface area contributed by atoms with Crippen LogP contribution in [0.15, 0.2) is 0 Å². The molecule has 55 nitrogen and oxygen atoms in total. The molecule has 0 aromatic rings. The number of methoxy groups -OCH3 is 2. The second-order valence-corrected chi connectivity index (χ2v) is 33.2. The fourth-order valence-corrected chi connectivity index (χ4v) is 16.8. The van der Waals surface area contributed by atoms with Gasteiger partial charge in [0.15, 0.2) is 61.8 Å². The van der Waals surface area contributed by atoms with E-state index >= 15 is 0 Å². The van der Waals surface area contributed by atoms with E-state index in [4.69, 9.17) is 90.4 Å². The smallest absolute Gasteiger partial charge is 0.335 e. The van der Waals surface area contributed by atoms with Crippen LogP contribution in [0.4, 0.5) is 0 Å². The van der Waals surface area contributed by atoms with Crippen LogP contribution in [0.2, 0.25) is 0 Å². The first kappa shape index (κ1) is 109. The van der Waals surface area contributed by atoms with Crippen molar-refractivity contribution in [1.82, 2.24) is 37.4 Å². The predicted octanol–water partition coefficient (Wildman–Crippen LogP) is -15.6. The number of aliphatic carboxylic acids is 3. The van der Waals surface area contributed by atoms with Crippen LogP contribution < -0.4 is 49.1 Å². The molecule has 0 aromatic heterocycles. The van der Waals surface area contributed by atoms with Gasteiger partial charge < -0.3 is 199 Å². The standard InChI is InChI=1S/C34H55N3O22S.C30H48N2O22.C6H14N4O2S2.2H2/c1-10-17(36-11(2)40)26(19(44)14(8-38)53-10)56-33-24(49)22(47)29(25(55-33)13(42)7-35-16(43)5-6-60)58-32-18(37-12(3)41)27(20(45)15(9-39)54-32)57-34-23(48)21(46)28(52-4)30(59-34)31(50)51;1-7-12(31-8(2)35)20(14(37)10(5-33)48-7)50-30-19(42)17(40)23(25(54-30)27(45)46)52-28-13(32-9(3)36)21(15(38)11(6-34)49-28)51-29-18(41)16(39)22(47-4)24(53-29)26(43)44;7-9-5(11)1-3-13-14-4-2-6(12)10-8;;/h10,14-15,17-30,32-34,38-39,44-49,60H,5-9H2,1-4H3,(H,35,43)(H,36,40)(H,37,41)(H,50,51);7,10-25,28-30,33-34,37-42H,5-6H2,1-4H3,(H,31,35)(H,32,36)(H,43,44)(H,45,46);1-4,7-8H2,(H,9,11)(H,10,12);2*1H/i;;;1+2D;1+2. The van der Waals surface area contributed by atoms with Gasteiger partial charge in [-0.2, -0.15) is 12.6 Å². The van der Waals surface area contributed by atoms with E-state index < -0.39 is 331 Å². The van der Waals surface area contributed by atoms with E-state index in [1.807, 2.05) is 10.9 Å². The number of hydrogen-bond donors (Lipinski definition) is 29. The Morgan fingerprint density at radius 1 is 0.367 bits per heavy atom. The van der Waals surface area contributed by atoms with Crippen molar-refractivity contribution in [1.29, 1.82) is 0 Å². The van der Waals surface area contributed by atoms with Gasteiger partial charge in [-0.05, 0) is 19.6 Å². The van der Waals surface area contributed by atoms with Gasteiger partial charge in [0.1, 0.15) is 165 Å². The number of rotatable bonds is 37. The molecule has 0 spiro atoms. The molecule has 740 valence electrons. The Labute approximate surface area is 745 Å². The zero-order valence-electron chi connectivity index (χ0n) is 71.8. The number of ketones is 1. The highest BCUT2D eigenvalue weighted by Gasteiger charge is 2.61. The van der Waals surface area contributed by atoms with Crippen LogP contribution in [0, 0.1) is 0 Å². The lowest BCUT2D eigenvalue weighted by molar-refractivity contribution is -0.366. The first-order valence-electron chi connectivity index (χ1n) is 40.6. The second kappa shape index (κ2) is 52.1. The van der Waals surface area contributed by atoms with E-state index in [2.05, 4.69) is 39.2 Å². The second-order valence-electron chi connectivity index (χ2n) is 30.1. The van der Waals surface area contributed by atoms with E-state index in [-0.39, 0.29) is 25.4 Å². The molecule has 8 heterocycles. The summed E-state index contributed by atoms with van der Waals surface area (Å²) in [5, 5.41) is 214. The molecule has 40 atom stereocenters. The maximum atomic E-state index is 13.8. The van der Waals surface area contributed by atoms with Crippen molar-refractivity contribution in [3.05, 3.63) is 0 Å². The third-order valence-electron chi connectivity index (χ3n) is 21.0. The summed E-state index contributed by atoms with van der Waals surface area (Å²) >= 11 is 3.98. The van der Waals surface area contributed by atoms with Gasteiger partial charge in [-0.1, -0.05) is 21.6 Å². The van der Waals surface area contributed by atoms with Crippen LogP contribution in [-0.2, 0) is 129 Å². The summed E-state index contributed by atoms with van der Waals surface area (Å²) in [4.78, 5) is 133. The summed E-state index contributed by atoms with van der Waals surface area (Å²) in [6.45, 7) is 3.19. The van der Waals surface area contributed by atoms with Gasteiger partial charge in [-0.15, -0.1) is 0 Å². The number of aliphatic hydroxyl groups is 16. The first-order chi connectivity index (χ1) is 61.3. The molecule has 0 bridgehead atoms. The van der Waals surface area contributed by atoms with Gasteiger partial charge in [0.25, 0.3) is 0 Å². The maximum Gasteiger partial charge on any atom is 0.335 e. The van der Waals surface area contributed by atoms with E-state index in [1.165, 1.54) is 35.4 Å². The van der Waals surface area contributed by atoms with Crippen LogP contribution in [0.1, 0.15) is 65.2 Å². The molecule has 8 aliphatic rings. The molecule has 8 aliphatic heterocycles. The maximum absolute atomic E-state index is 13.8. The Hall–Kier alpha value is -5.94. The number of amides is 7. The Bertz CT molecular complexity index is 3600. The van der Waals surface area contributed by atoms with Gasteiger partial charge >= 0.3 is 17.9 Å². The lowest BCUT2D eigenvalue weighted by Crippen LogP contribution is -2.71. The number of nitrogens with one attached hydrogen (secondary N) is 7. The number of aliphatic hydroxyl groups excluding tert-OH is 16. The number of ether oxygens (including phenoxy) is 16. The minimum Gasteiger partial charge on any atom is -0.479 e. The summed E-state index contributed by atoms with van der Waals surface area (Å²) in [6.07, 6.45) is -64.9. The molecule has 40 unspecified atom stereocenters. The van der Waals surface area contributed by atoms with Crippen molar-refractivity contribution < 1.29 is 230 Å². The predicted molar refractivity (Wildman–Crippen MR) is 425 cm³/mol. The van der Waals surface area contributed by atoms with Crippen molar-refractivity contribution in [2.45, 2.75) is 306 Å². The summed E-state index contributed by atoms with van der Waals surface area (Å²) in [5.74, 6) is 1.35. The Balaban J connectivity index is 0.000000468. The van der Waals surface area contributed by atoms with Crippen molar-refractivity contribution in [2.24, 2.45) is 11.7 Å². The fourth-order valence-electron chi connectivity index (χ4n) is 14.7. The minimum absolute atomic E-state index is 0. The Morgan fingerprint density at radius 3 is 0.914 bits per heavy atom. The summed E-state index contributed by atoms with van der Waals surface area (Å²) in [5.41, 5.74) is 4.08. The lowest BCUT2D eigenvalue weighted by Gasteiger charge is -2.50. The van der Waals surface area contributed by atoms with Gasteiger partial charge in [-0.3, -0.25) is 49.2 Å². The molecular formula is C70H121N9O46S3. The quantitative estimate of drug-likeness (QED) is 0.00686. The largest absolute Gasteiger partial charge is 0.479 e. The molecule has 0 aliphatic carbocycles. The molecular weight excluding hydrogens is 1800 g/mol. The monoisotopic (exact) mass is 1920 g/mol. The van der Waals surface area contributed by atoms with Crippen LogP contribution in [0.5, 0.6) is 0 Å². The number of hydrazine groups is 2. The summed E-state index contributed by atoms with van der Waals surface area (Å²) < 4.78 is 99.6. The Kier molecular flexibility index (Phi) is 44.4. The van der Waals surface area contributed by atoms with E-state index in [9.17, 15) is 150 Å². The number of Topliss-reactive ketones (excluding diaryl/α,β-unsaturated/α-hetero) is 1. The number of nitrogens with two attached hydrogens (primary N) is 2. The summed E-state index contributed by atoms with van der Waals surface area (Å²) in [6, 6.07) is -5.74. The molecule has 8 fully saturated rings. The van der Waals surface area contributed by atoms with E-state index in [1.54, 1.807) is 0 Å². The van der Waals surface area contributed by atoms with Gasteiger partial charge in [-0.25, -0.2) is 26.1 Å². The number of hydrogen-bond acceptors (Lipinski definition) is 48. The molecule has 30 N–H and O–H groups in total. The number of carboxylic acids is 3. The van der Waals surface area contributed by atoms with Gasteiger partial charge in [0.2, 0.25) is 41.4 Å². The zero-order chi connectivity index (χ0) is 97.9. The first-order valence-corrected chi connectivity index (χ1v) is 42.7. The molecule has 128 heavy (non-hydrogen) atoms. The molecule has 58 heteroatoms. The number of carbonyl (C=O) groups is 11. The zero-order valence-corrected chi connectivity index (χ0v) is 72.3. The van der Waals surface area contributed by atoms with E-state index in [0.29, 0.717) is 24.3 Å². The van der Waals surface area contributed by atoms with Gasteiger partial charge in [0.05, 0.1) is 57.3 Å². The fraction of sp³-hybridized carbons (Fsp3) is 0.843. The van der Waals surface area contributed by atoms with E-state index in [0.717, 1.165) is 41.9 Å². The third kappa shape index (κ3) is 28.8. The molecule has 7 amide bonds. The van der Waals surface area contributed by atoms with Crippen LogP contribution in [-0.4, -0.2) is 472 Å². The van der Waals surface area contributed by atoms with Crippen LogP contribution >= 0.6 is 34.2 Å². The highest BCUT2D eigenvalue weighted by molar-refractivity contribution is 8.76.